The fraction of sp³-hybridized carbons (Fsp3) is 0.0923. The predicted octanol–water partition coefficient (Wildman–Crippen LogP) is 14.7. The molecule has 0 amide bonds. The minimum Gasteiger partial charge on any atom is -0.289 e. The minimum absolute atomic E-state index is 0.0144. The SMILES string of the molecule is Cc1ccc(C(=O)c2ccc(-c3ccc(C(=O)c4ccc(C)cc4)cc3)cc2)cc1.Cc1ccc(C(=O)c2ccc(C(=O)c3ccc(C)cc3)cc2)cc1.Cc1ccc(C(=O)c2ccc(C)cc2)cc1. The van der Waals surface area contributed by atoms with Gasteiger partial charge >= 0.3 is 0 Å². The first-order chi connectivity index (χ1) is 33.7. The number of hydrogen-bond donors (Lipinski definition) is 0. The molecular weight excluding hydrogens is 861 g/mol. The minimum atomic E-state index is -0.0377. The summed E-state index contributed by atoms with van der Waals surface area (Å²) < 4.78 is 0. The number of carbonyl (C=O) groups excluding carboxylic acids is 5. The van der Waals surface area contributed by atoms with E-state index in [1.807, 2.05) is 236 Å². The second kappa shape index (κ2) is 22.9. The van der Waals surface area contributed by atoms with Gasteiger partial charge in [-0.3, -0.25) is 24.0 Å². The van der Waals surface area contributed by atoms with Crippen molar-refractivity contribution < 1.29 is 24.0 Å². The van der Waals surface area contributed by atoms with Crippen molar-refractivity contribution in [3.63, 3.8) is 0 Å². The van der Waals surface area contributed by atoms with Crippen LogP contribution in [-0.2, 0) is 0 Å². The molecule has 0 fully saturated rings. The van der Waals surface area contributed by atoms with Crippen LogP contribution in [0.5, 0.6) is 0 Å². The van der Waals surface area contributed by atoms with Crippen LogP contribution in [0, 0.1) is 41.5 Å². The molecular formula is C65H54O5. The van der Waals surface area contributed by atoms with Crippen LogP contribution in [0.1, 0.15) is 113 Å². The van der Waals surface area contributed by atoms with E-state index in [0.717, 1.165) is 44.5 Å². The Morgan fingerprint density at radius 1 is 0.171 bits per heavy atom. The Morgan fingerprint density at radius 2 is 0.271 bits per heavy atom. The van der Waals surface area contributed by atoms with Crippen LogP contribution in [0.3, 0.4) is 0 Å². The van der Waals surface area contributed by atoms with Crippen molar-refractivity contribution in [2.24, 2.45) is 0 Å². The molecule has 9 aromatic rings. The second-order valence-electron chi connectivity index (χ2n) is 17.6. The number of benzene rings is 9. The summed E-state index contributed by atoms with van der Waals surface area (Å²) in [6.07, 6.45) is 0. The highest BCUT2D eigenvalue weighted by molar-refractivity contribution is 6.12. The highest BCUT2D eigenvalue weighted by atomic mass is 16.1. The van der Waals surface area contributed by atoms with E-state index in [-0.39, 0.29) is 28.9 Å². The second-order valence-corrected chi connectivity index (χ2v) is 17.6. The van der Waals surface area contributed by atoms with Crippen LogP contribution in [0.25, 0.3) is 11.1 Å². The molecule has 0 saturated carbocycles. The Balaban J connectivity index is 0.000000162. The molecule has 5 nitrogen and oxygen atoms in total. The van der Waals surface area contributed by atoms with Crippen LogP contribution in [0.2, 0.25) is 0 Å². The van der Waals surface area contributed by atoms with Gasteiger partial charge in [0, 0.05) is 55.6 Å². The molecule has 0 N–H and O–H groups in total. The highest BCUT2D eigenvalue weighted by Gasteiger charge is 2.14. The third-order valence-corrected chi connectivity index (χ3v) is 11.9. The van der Waals surface area contributed by atoms with Gasteiger partial charge in [-0.1, -0.05) is 252 Å². The summed E-state index contributed by atoms with van der Waals surface area (Å²) in [7, 11) is 0. The van der Waals surface area contributed by atoms with Crippen molar-refractivity contribution in [2.45, 2.75) is 41.5 Å². The summed E-state index contributed by atoms with van der Waals surface area (Å²) >= 11 is 0. The number of rotatable bonds is 11. The Labute approximate surface area is 411 Å². The van der Waals surface area contributed by atoms with Crippen molar-refractivity contribution >= 4 is 28.9 Å². The van der Waals surface area contributed by atoms with Crippen LogP contribution < -0.4 is 0 Å². The van der Waals surface area contributed by atoms with E-state index in [9.17, 15) is 24.0 Å². The van der Waals surface area contributed by atoms with E-state index < -0.39 is 0 Å². The van der Waals surface area contributed by atoms with Crippen LogP contribution >= 0.6 is 0 Å². The fourth-order valence-corrected chi connectivity index (χ4v) is 7.46. The average molecular weight is 915 g/mol. The summed E-state index contributed by atoms with van der Waals surface area (Å²) in [5, 5.41) is 0. The Bertz CT molecular complexity index is 3010. The van der Waals surface area contributed by atoms with Gasteiger partial charge in [-0.25, -0.2) is 0 Å². The molecule has 0 atom stereocenters. The predicted molar refractivity (Wildman–Crippen MR) is 283 cm³/mol. The van der Waals surface area contributed by atoms with Crippen molar-refractivity contribution in [3.8, 4) is 11.1 Å². The van der Waals surface area contributed by atoms with E-state index in [2.05, 4.69) is 0 Å². The molecule has 0 aliphatic carbocycles. The maximum Gasteiger partial charge on any atom is 0.193 e. The number of carbonyl (C=O) groups is 5. The lowest BCUT2D eigenvalue weighted by Crippen LogP contribution is -2.04. The molecule has 0 saturated heterocycles. The molecule has 344 valence electrons. The smallest absolute Gasteiger partial charge is 0.193 e. The van der Waals surface area contributed by atoms with E-state index in [4.69, 9.17) is 0 Å². The van der Waals surface area contributed by atoms with Gasteiger partial charge in [0.2, 0.25) is 0 Å². The molecule has 9 aromatic carbocycles. The Kier molecular flexibility index (Phi) is 16.1. The van der Waals surface area contributed by atoms with Gasteiger partial charge in [-0.2, -0.15) is 0 Å². The Morgan fingerprint density at radius 3 is 0.400 bits per heavy atom. The van der Waals surface area contributed by atoms with Gasteiger partial charge in [-0.15, -0.1) is 0 Å². The molecule has 9 rings (SSSR count). The van der Waals surface area contributed by atoms with Crippen molar-refractivity contribution in [1.29, 1.82) is 0 Å². The summed E-state index contributed by atoms with van der Waals surface area (Å²) in [6, 6.07) is 67.5. The third kappa shape index (κ3) is 12.9. The number of aryl methyl sites for hydroxylation is 6. The maximum absolute atomic E-state index is 12.6. The maximum atomic E-state index is 12.6. The molecule has 0 aliphatic heterocycles. The topological polar surface area (TPSA) is 85.3 Å². The van der Waals surface area contributed by atoms with Crippen LogP contribution in [0.15, 0.2) is 218 Å². The lowest BCUT2D eigenvalue weighted by Gasteiger charge is -2.07. The largest absolute Gasteiger partial charge is 0.289 e. The molecule has 0 aliphatic rings. The van der Waals surface area contributed by atoms with E-state index in [0.29, 0.717) is 44.5 Å². The lowest BCUT2D eigenvalue weighted by molar-refractivity contribution is 0.102. The molecule has 0 spiro atoms. The zero-order valence-corrected chi connectivity index (χ0v) is 40.3. The first-order valence-electron chi connectivity index (χ1n) is 23.2. The van der Waals surface area contributed by atoms with Gasteiger partial charge in [0.15, 0.2) is 28.9 Å². The summed E-state index contributed by atoms with van der Waals surface area (Å²) in [5.74, 6) is 0.0369. The summed E-state index contributed by atoms with van der Waals surface area (Å²) in [4.78, 5) is 62.3. The first-order valence-corrected chi connectivity index (χ1v) is 23.2. The normalized spacial score (nSPS) is 10.4. The van der Waals surface area contributed by atoms with Crippen LogP contribution in [-0.4, -0.2) is 28.9 Å². The molecule has 0 heterocycles. The summed E-state index contributed by atoms with van der Waals surface area (Å²) in [6.45, 7) is 12.0. The molecule has 5 heteroatoms. The first kappa shape index (κ1) is 49.2. The van der Waals surface area contributed by atoms with Crippen molar-refractivity contribution in [3.05, 3.63) is 307 Å². The van der Waals surface area contributed by atoms with Gasteiger partial charge in [0.25, 0.3) is 0 Å². The quantitative estimate of drug-likeness (QED) is 0.121. The highest BCUT2D eigenvalue weighted by Crippen LogP contribution is 2.23. The molecule has 0 radical (unpaired) electrons. The molecule has 0 unspecified atom stereocenters. The van der Waals surface area contributed by atoms with Gasteiger partial charge in [0.1, 0.15) is 0 Å². The van der Waals surface area contributed by atoms with Crippen LogP contribution in [0.4, 0.5) is 0 Å². The monoisotopic (exact) mass is 914 g/mol. The fourth-order valence-electron chi connectivity index (χ4n) is 7.46. The Hall–Kier alpha value is -8.67. The number of hydrogen-bond acceptors (Lipinski definition) is 5. The summed E-state index contributed by atoms with van der Waals surface area (Å²) in [5.41, 5.74) is 15.5. The van der Waals surface area contributed by atoms with Gasteiger partial charge in [0.05, 0.1) is 0 Å². The number of ketones is 5. The standard InChI is InChI=1S/C28H22O2.C22H18O2.C15H14O/c1-19-3-7-23(8-4-19)27(29)25-15-11-21(12-16-25)22-13-17-26(18-14-22)28(30)24-9-5-20(2)6-10-24;1-15-3-7-17(8-4-15)21(23)19-11-13-20(14-12-19)22(24)18-9-5-16(2)6-10-18;1-11-3-7-13(8-4-11)15(16)14-9-5-12(2)6-10-14/h3-18H,1-2H3;3-14H,1-2H3;3-10H,1-2H3. The zero-order valence-electron chi connectivity index (χ0n) is 40.3. The third-order valence-electron chi connectivity index (χ3n) is 11.9. The lowest BCUT2D eigenvalue weighted by atomic mass is 9.97. The van der Waals surface area contributed by atoms with Crippen molar-refractivity contribution in [1.82, 2.24) is 0 Å². The van der Waals surface area contributed by atoms with E-state index in [1.165, 1.54) is 11.1 Å². The van der Waals surface area contributed by atoms with E-state index >= 15 is 0 Å². The van der Waals surface area contributed by atoms with Gasteiger partial charge < -0.3 is 0 Å². The van der Waals surface area contributed by atoms with Crippen molar-refractivity contribution in [2.75, 3.05) is 0 Å². The average Bonchev–Trinajstić information content (AvgIpc) is 3.39. The zero-order chi connectivity index (χ0) is 49.7. The van der Waals surface area contributed by atoms with E-state index in [1.54, 1.807) is 24.3 Å². The molecule has 0 aromatic heterocycles. The van der Waals surface area contributed by atoms with Gasteiger partial charge in [-0.05, 0) is 52.7 Å². The molecule has 0 bridgehead atoms. The molecule has 70 heavy (non-hydrogen) atoms.